The number of amides is 1. The number of hydrogen-bond donors (Lipinski definition) is 0. The SMILES string of the molecule is Cn1cc(-c2ccnc(N3CCCC3)n2)c(C2CCCN2C(=O)Cc2ccccc2F)n1. The molecule has 0 bridgehead atoms. The highest BCUT2D eigenvalue weighted by Crippen LogP contribution is 2.37. The van der Waals surface area contributed by atoms with E-state index in [9.17, 15) is 9.18 Å². The molecule has 3 aromatic rings. The van der Waals surface area contributed by atoms with Crippen LogP contribution in [-0.2, 0) is 18.3 Å². The van der Waals surface area contributed by atoms with Gasteiger partial charge in [0.25, 0.3) is 0 Å². The molecule has 8 heteroatoms. The summed E-state index contributed by atoms with van der Waals surface area (Å²) in [7, 11) is 1.88. The number of rotatable bonds is 5. The Kier molecular flexibility index (Phi) is 5.59. The summed E-state index contributed by atoms with van der Waals surface area (Å²) in [5.74, 6) is 0.328. The maximum absolute atomic E-state index is 14.1. The Labute approximate surface area is 186 Å². The van der Waals surface area contributed by atoms with E-state index in [4.69, 9.17) is 10.1 Å². The minimum absolute atomic E-state index is 0.0535. The van der Waals surface area contributed by atoms with Crippen LogP contribution in [0.1, 0.15) is 43.0 Å². The highest BCUT2D eigenvalue weighted by atomic mass is 19.1. The van der Waals surface area contributed by atoms with Gasteiger partial charge in [-0.1, -0.05) is 18.2 Å². The molecule has 0 radical (unpaired) electrons. The van der Waals surface area contributed by atoms with Crippen molar-refractivity contribution in [2.75, 3.05) is 24.5 Å². The lowest BCUT2D eigenvalue weighted by molar-refractivity contribution is -0.131. The van der Waals surface area contributed by atoms with Gasteiger partial charge in [-0.25, -0.2) is 14.4 Å². The highest BCUT2D eigenvalue weighted by molar-refractivity contribution is 5.80. The highest BCUT2D eigenvalue weighted by Gasteiger charge is 2.34. The Morgan fingerprint density at radius 1 is 1.12 bits per heavy atom. The van der Waals surface area contributed by atoms with Crippen molar-refractivity contribution in [2.24, 2.45) is 7.05 Å². The number of benzene rings is 1. The second kappa shape index (κ2) is 8.68. The van der Waals surface area contributed by atoms with E-state index in [1.807, 2.05) is 24.2 Å². The Morgan fingerprint density at radius 3 is 2.75 bits per heavy atom. The number of aromatic nitrogens is 4. The van der Waals surface area contributed by atoms with E-state index in [0.29, 0.717) is 12.1 Å². The molecule has 0 N–H and O–H groups in total. The van der Waals surface area contributed by atoms with Crippen molar-refractivity contribution < 1.29 is 9.18 Å². The predicted octanol–water partition coefficient (Wildman–Crippen LogP) is 3.52. The smallest absolute Gasteiger partial charge is 0.227 e. The average molecular weight is 435 g/mol. The molecule has 166 valence electrons. The number of halogens is 1. The standard InChI is InChI=1S/C24H27FN6O/c1-29-16-18(20-10-11-26-24(27-20)30-12-4-5-13-30)23(28-29)21-9-6-14-31(21)22(32)15-17-7-2-3-8-19(17)25/h2-3,7-8,10-11,16,21H,4-6,9,12-15H2,1H3. The normalized spacial score (nSPS) is 18.5. The van der Waals surface area contributed by atoms with Crippen LogP contribution < -0.4 is 4.90 Å². The van der Waals surface area contributed by atoms with Crippen LogP contribution in [0, 0.1) is 5.82 Å². The molecular weight excluding hydrogens is 407 g/mol. The first kappa shape index (κ1) is 20.6. The average Bonchev–Trinajstić information content (AvgIpc) is 3.56. The molecule has 1 unspecified atom stereocenters. The molecule has 0 aliphatic carbocycles. The van der Waals surface area contributed by atoms with Gasteiger partial charge in [0.05, 0.1) is 23.9 Å². The first-order chi connectivity index (χ1) is 15.6. The fourth-order valence-corrected chi connectivity index (χ4v) is 4.77. The van der Waals surface area contributed by atoms with Crippen LogP contribution in [0.25, 0.3) is 11.3 Å². The summed E-state index contributed by atoms with van der Waals surface area (Å²) in [4.78, 5) is 26.5. The van der Waals surface area contributed by atoms with E-state index in [1.165, 1.54) is 6.07 Å². The predicted molar refractivity (Wildman–Crippen MR) is 119 cm³/mol. The van der Waals surface area contributed by atoms with Crippen LogP contribution in [0.5, 0.6) is 0 Å². The van der Waals surface area contributed by atoms with Crippen LogP contribution >= 0.6 is 0 Å². The van der Waals surface area contributed by atoms with Crippen molar-refractivity contribution in [3.8, 4) is 11.3 Å². The third-order valence-corrected chi connectivity index (χ3v) is 6.35. The molecule has 1 atom stereocenters. The molecule has 32 heavy (non-hydrogen) atoms. The molecule has 1 amide bonds. The van der Waals surface area contributed by atoms with E-state index in [0.717, 1.165) is 61.7 Å². The van der Waals surface area contributed by atoms with Gasteiger partial charge in [0.2, 0.25) is 11.9 Å². The zero-order valence-electron chi connectivity index (χ0n) is 18.2. The van der Waals surface area contributed by atoms with Crippen LogP contribution in [0.15, 0.2) is 42.7 Å². The van der Waals surface area contributed by atoms with Crippen molar-refractivity contribution >= 4 is 11.9 Å². The first-order valence-corrected chi connectivity index (χ1v) is 11.2. The molecule has 7 nitrogen and oxygen atoms in total. The van der Waals surface area contributed by atoms with Gasteiger partial charge in [0, 0.05) is 44.6 Å². The summed E-state index contributed by atoms with van der Waals surface area (Å²) in [6.07, 6.45) is 7.85. The maximum atomic E-state index is 14.1. The second-order valence-corrected chi connectivity index (χ2v) is 8.55. The van der Waals surface area contributed by atoms with Gasteiger partial charge >= 0.3 is 0 Å². The number of carbonyl (C=O) groups is 1. The van der Waals surface area contributed by atoms with Gasteiger partial charge < -0.3 is 9.80 Å². The zero-order valence-corrected chi connectivity index (χ0v) is 18.2. The van der Waals surface area contributed by atoms with Crippen molar-refractivity contribution in [2.45, 2.75) is 38.1 Å². The van der Waals surface area contributed by atoms with Gasteiger partial charge in [-0.2, -0.15) is 5.10 Å². The van der Waals surface area contributed by atoms with Gasteiger partial charge in [-0.05, 0) is 43.4 Å². The first-order valence-electron chi connectivity index (χ1n) is 11.2. The van der Waals surface area contributed by atoms with E-state index >= 15 is 0 Å². The fraction of sp³-hybridized carbons (Fsp3) is 0.417. The number of likely N-dealkylation sites (tertiary alicyclic amines) is 1. The van der Waals surface area contributed by atoms with Gasteiger partial charge in [0.15, 0.2) is 0 Å². The molecule has 2 aliphatic heterocycles. The lowest BCUT2D eigenvalue weighted by Gasteiger charge is -2.24. The van der Waals surface area contributed by atoms with Crippen molar-refractivity contribution in [3.63, 3.8) is 0 Å². The number of nitrogens with zero attached hydrogens (tertiary/aromatic N) is 6. The molecule has 2 fully saturated rings. The third kappa shape index (κ3) is 3.97. The number of carbonyl (C=O) groups excluding carboxylic acids is 1. The third-order valence-electron chi connectivity index (χ3n) is 6.35. The summed E-state index contributed by atoms with van der Waals surface area (Å²) < 4.78 is 15.9. The number of anilines is 1. The minimum atomic E-state index is -0.342. The van der Waals surface area contributed by atoms with Crippen LogP contribution in [0.3, 0.4) is 0 Å². The molecule has 0 saturated carbocycles. The molecule has 5 rings (SSSR count). The number of hydrogen-bond acceptors (Lipinski definition) is 5. The summed E-state index contributed by atoms with van der Waals surface area (Å²) in [6, 6.07) is 8.23. The van der Waals surface area contributed by atoms with E-state index < -0.39 is 0 Å². The van der Waals surface area contributed by atoms with E-state index in [2.05, 4.69) is 9.88 Å². The zero-order chi connectivity index (χ0) is 22.1. The Morgan fingerprint density at radius 2 is 1.94 bits per heavy atom. The largest absolute Gasteiger partial charge is 0.341 e. The maximum Gasteiger partial charge on any atom is 0.227 e. The molecule has 4 heterocycles. The van der Waals surface area contributed by atoms with Crippen molar-refractivity contribution in [1.29, 1.82) is 0 Å². The van der Waals surface area contributed by atoms with E-state index in [1.54, 1.807) is 29.1 Å². The fourth-order valence-electron chi connectivity index (χ4n) is 4.77. The van der Waals surface area contributed by atoms with Gasteiger partial charge in [-0.3, -0.25) is 9.48 Å². The Hall–Kier alpha value is -3.29. The van der Waals surface area contributed by atoms with Gasteiger partial charge in [0.1, 0.15) is 5.82 Å². The molecule has 2 aliphatic rings. The lowest BCUT2D eigenvalue weighted by atomic mass is 10.0. The quantitative estimate of drug-likeness (QED) is 0.615. The Balaban J connectivity index is 1.43. The summed E-state index contributed by atoms with van der Waals surface area (Å²) in [6.45, 7) is 2.60. The topological polar surface area (TPSA) is 67.2 Å². The molecule has 1 aromatic carbocycles. The summed E-state index contributed by atoms with van der Waals surface area (Å²) >= 11 is 0. The molecule has 0 spiro atoms. The number of aryl methyl sites for hydroxylation is 1. The van der Waals surface area contributed by atoms with Gasteiger partial charge in [-0.15, -0.1) is 0 Å². The molecule has 2 aromatic heterocycles. The lowest BCUT2D eigenvalue weighted by Crippen LogP contribution is -2.32. The Bertz CT molecular complexity index is 1120. The minimum Gasteiger partial charge on any atom is -0.341 e. The van der Waals surface area contributed by atoms with Crippen molar-refractivity contribution in [1.82, 2.24) is 24.6 Å². The second-order valence-electron chi connectivity index (χ2n) is 8.55. The van der Waals surface area contributed by atoms with Crippen LogP contribution in [0.2, 0.25) is 0 Å². The van der Waals surface area contributed by atoms with Crippen LogP contribution in [0.4, 0.5) is 10.3 Å². The molecular formula is C24H27FN6O. The van der Waals surface area contributed by atoms with E-state index in [-0.39, 0.29) is 24.2 Å². The monoisotopic (exact) mass is 434 g/mol. The summed E-state index contributed by atoms with van der Waals surface area (Å²) in [5.41, 5.74) is 3.01. The summed E-state index contributed by atoms with van der Waals surface area (Å²) in [5, 5.41) is 4.73. The molecule has 2 saturated heterocycles. The van der Waals surface area contributed by atoms with Crippen LogP contribution in [-0.4, -0.2) is 50.2 Å². The van der Waals surface area contributed by atoms with Crippen molar-refractivity contribution in [3.05, 3.63) is 59.8 Å².